The third kappa shape index (κ3) is 11.6. The Labute approximate surface area is 233 Å². The number of ketones is 2. The van der Waals surface area contributed by atoms with Gasteiger partial charge in [-0.15, -0.1) is 22.7 Å². The molecule has 0 spiro atoms. The molecule has 38 heavy (non-hydrogen) atoms. The zero-order valence-electron chi connectivity index (χ0n) is 19.9. The van der Waals surface area contributed by atoms with Crippen molar-refractivity contribution in [3.8, 4) is 10.6 Å². The highest BCUT2D eigenvalue weighted by molar-refractivity contribution is 9.11. The summed E-state index contributed by atoms with van der Waals surface area (Å²) in [7, 11) is -1.34. The first-order valence-corrected chi connectivity index (χ1v) is 12.8. The summed E-state index contributed by atoms with van der Waals surface area (Å²) in [6, 6.07) is 15.2. The second-order valence-electron chi connectivity index (χ2n) is 6.87. The van der Waals surface area contributed by atoms with Gasteiger partial charge < -0.3 is 15.2 Å². The highest BCUT2D eigenvalue weighted by Crippen LogP contribution is 2.26. The van der Waals surface area contributed by atoms with Crippen LogP contribution in [0.4, 0.5) is 0 Å². The van der Waals surface area contributed by atoms with Gasteiger partial charge in [0.05, 0.1) is 21.5 Å². The number of thiazole rings is 2. The van der Waals surface area contributed by atoms with Crippen LogP contribution in [-0.4, -0.2) is 55.9 Å². The zero-order chi connectivity index (χ0) is 28.7. The number of hydrogen-bond acceptors (Lipinski definition) is 11. The third-order valence-corrected chi connectivity index (χ3v) is 6.86. The summed E-state index contributed by atoms with van der Waals surface area (Å²) in [5.74, 6) is -0.948. The molecule has 0 saturated heterocycles. The van der Waals surface area contributed by atoms with Gasteiger partial charge in [0.25, 0.3) is 0 Å². The van der Waals surface area contributed by atoms with Crippen molar-refractivity contribution in [3.63, 3.8) is 0 Å². The van der Waals surface area contributed by atoms with Crippen LogP contribution < -0.4 is 5.46 Å². The average Bonchev–Trinajstić information content (AvgIpc) is 3.56. The second kappa shape index (κ2) is 17.0. The van der Waals surface area contributed by atoms with Gasteiger partial charge in [0, 0.05) is 25.6 Å². The Hall–Kier alpha value is -3.65. The fourth-order valence-corrected chi connectivity index (χ4v) is 4.37. The largest absolute Gasteiger partial charge is 0.488 e. The molecular weight excluding hydrogens is 599 g/mol. The number of hydrogen-bond donors (Lipinski definition) is 3. The minimum absolute atomic E-state index is 0.0388. The Kier molecular flexibility index (Phi) is 14.5. The van der Waals surface area contributed by atoms with E-state index in [-0.39, 0.29) is 23.3 Å². The minimum Gasteiger partial charge on any atom is -0.478 e. The highest BCUT2D eigenvalue weighted by Gasteiger charge is 2.10. The number of carboxylic acid groups (broad SMARTS) is 1. The molecule has 2 aromatic carbocycles. The number of nitrogens with zero attached hydrogens (tertiary/aromatic N) is 2. The molecule has 0 aliphatic heterocycles. The molecule has 0 bridgehead atoms. The summed E-state index contributed by atoms with van der Waals surface area (Å²) in [6.45, 7) is 3.00. The van der Waals surface area contributed by atoms with Gasteiger partial charge in [-0.3, -0.25) is 9.59 Å². The van der Waals surface area contributed by atoms with Crippen molar-refractivity contribution in [2.75, 3.05) is 0 Å². The van der Waals surface area contributed by atoms with Crippen LogP contribution in [-0.2, 0) is 9.59 Å². The normalized spacial score (nSPS) is 9.18. The third-order valence-electron chi connectivity index (χ3n) is 4.13. The van der Waals surface area contributed by atoms with Gasteiger partial charge in [0.2, 0.25) is 0 Å². The maximum Gasteiger partial charge on any atom is 0.488 e. The van der Waals surface area contributed by atoms with Gasteiger partial charge in [-0.2, -0.15) is 9.59 Å². The van der Waals surface area contributed by atoms with E-state index in [2.05, 4.69) is 25.9 Å². The highest BCUT2D eigenvalue weighted by atomic mass is 79.9. The van der Waals surface area contributed by atoms with Crippen LogP contribution in [0.1, 0.15) is 43.5 Å². The fourth-order valence-electron chi connectivity index (χ4n) is 2.40. The maximum absolute atomic E-state index is 11.1. The predicted molar refractivity (Wildman–Crippen MR) is 146 cm³/mol. The van der Waals surface area contributed by atoms with Crippen molar-refractivity contribution in [3.05, 3.63) is 86.2 Å². The van der Waals surface area contributed by atoms with Crippen molar-refractivity contribution < 1.29 is 39.1 Å². The van der Waals surface area contributed by atoms with E-state index < -0.39 is 13.1 Å². The minimum atomic E-state index is -1.34. The van der Waals surface area contributed by atoms with Crippen LogP contribution in [0.3, 0.4) is 0 Å². The Morgan fingerprint density at radius 2 is 1.42 bits per heavy atom. The lowest BCUT2D eigenvalue weighted by Gasteiger charge is -1.98. The van der Waals surface area contributed by atoms with E-state index in [9.17, 15) is 14.4 Å². The Balaban J connectivity index is 0.000000292. The van der Waals surface area contributed by atoms with Crippen molar-refractivity contribution in [2.45, 2.75) is 13.8 Å². The molecule has 0 aliphatic carbocycles. The quantitative estimate of drug-likeness (QED) is 0.221. The number of benzene rings is 2. The van der Waals surface area contributed by atoms with Crippen molar-refractivity contribution in [2.24, 2.45) is 0 Å². The summed E-state index contributed by atoms with van der Waals surface area (Å²) in [5, 5.41) is 26.7. The van der Waals surface area contributed by atoms with Crippen LogP contribution in [0.15, 0.2) is 70.9 Å². The molecular formula is C24H20BBrN2O8S2. The lowest BCUT2D eigenvalue weighted by molar-refractivity contribution is -0.191. The molecule has 4 aromatic rings. The SMILES string of the molecule is CC(=O)c1cnc(-c2cccc(C(=O)O)c2)s1.CC(=O)c1cnc(Br)s1.O=C=O.OB(O)c1ccccc1. The van der Waals surface area contributed by atoms with Crippen LogP contribution in [0.5, 0.6) is 0 Å². The molecule has 14 heteroatoms. The molecule has 2 heterocycles. The number of rotatable bonds is 5. The second-order valence-corrected chi connectivity index (χ2v) is 10.2. The van der Waals surface area contributed by atoms with E-state index in [0.717, 1.165) is 3.92 Å². The van der Waals surface area contributed by atoms with Crippen LogP contribution in [0.2, 0.25) is 0 Å². The number of aromatic nitrogens is 2. The van der Waals surface area contributed by atoms with E-state index in [1.807, 2.05) is 6.07 Å². The first-order valence-electron chi connectivity index (χ1n) is 10.3. The summed E-state index contributed by atoms with van der Waals surface area (Å²) in [6.07, 6.45) is 3.33. The molecule has 0 fully saturated rings. The van der Waals surface area contributed by atoms with Crippen LogP contribution in [0.25, 0.3) is 10.6 Å². The van der Waals surface area contributed by atoms with E-state index in [1.54, 1.807) is 48.7 Å². The summed E-state index contributed by atoms with van der Waals surface area (Å²) in [5.41, 5.74) is 1.45. The van der Waals surface area contributed by atoms with E-state index in [0.29, 0.717) is 25.8 Å². The van der Waals surface area contributed by atoms with Gasteiger partial charge in [-0.1, -0.05) is 42.5 Å². The Morgan fingerprint density at radius 1 is 0.868 bits per heavy atom. The van der Waals surface area contributed by atoms with E-state index >= 15 is 0 Å². The standard InChI is InChI=1S/C12H9NO3S.C6H7BO2.C5H4BrNOS.CO2/c1-7(14)10-6-13-11(17-10)8-3-2-4-9(5-8)12(15)16;8-7(9)6-4-2-1-3-5-6;1-3(8)4-2-7-5(6)9-4;2-1-3/h2-6H,1H3,(H,15,16);1-5,8-9H;2H,1H3;. The molecule has 0 saturated carbocycles. The van der Waals surface area contributed by atoms with Crippen molar-refractivity contribution >= 4 is 74.9 Å². The Bertz CT molecular complexity index is 1390. The maximum atomic E-state index is 11.1. The van der Waals surface area contributed by atoms with Crippen LogP contribution in [0, 0.1) is 0 Å². The van der Waals surface area contributed by atoms with E-state index in [1.165, 1.54) is 48.8 Å². The number of carbonyl (C=O) groups is 3. The van der Waals surface area contributed by atoms with Gasteiger partial charge in [-0.25, -0.2) is 14.8 Å². The first kappa shape index (κ1) is 32.4. The molecule has 3 N–H and O–H groups in total. The first-order chi connectivity index (χ1) is 18.0. The molecule has 0 radical (unpaired) electrons. The van der Waals surface area contributed by atoms with Crippen molar-refractivity contribution in [1.29, 1.82) is 0 Å². The summed E-state index contributed by atoms with van der Waals surface area (Å²) < 4.78 is 0.757. The number of carbonyl (C=O) groups excluding carboxylic acids is 4. The molecule has 0 atom stereocenters. The lowest BCUT2D eigenvalue weighted by Crippen LogP contribution is -2.29. The number of aromatic carboxylic acids is 1. The zero-order valence-corrected chi connectivity index (χ0v) is 23.1. The molecule has 2 aromatic heterocycles. The molecule has 0 unspecified atom stereocenters. The molecule has 10 nitrogen and oxygen atoms in total. The summed E-state index contributed by atoms with van der Waals surface area (Å²) >= 11 is 5.77. The lowest BCUT2D eigenvalue weighted by atomic mass is 9.81. The fraction of sp³-hybridized carbons (Fsp3) is 0.0833. The molecule has 0 aliphatic rings. The Morgan fingerprint density at radius 3 is 1.82 bits per heavy atom. The summed E-state index contributed by atoms with van der Waals surface area (Å²) in [4.78, 5) is 58.1. The molecule has 4 rings (SSSR count). The van der Waals surface area contributed by atoms with Gasteiger partial charge in [0.1, 0.15) is 5.01 Å². The topological polar surface area (TPSA) is 172 Å². The number of carboxylic acids is 1. The number of Topliss-reactive ketones (excluding diaryl/α,β-unsaturated/α-hetero) is 2. The van der Waals surface area contributed by atoms with Gasteiger partial charge in [-0.05, 0) is 33.5 Å². The smallest absolute Gasteiger partial charge is 0.478 e. The van der Waals surface area contributed by atoms with Gasteiger partial charge >= 0.3 is 19.2 Å². The monoisotopic (exact) mass is 618 g/mol. The molecule has 196 valence electrons. The van der Waals surface area contributed by atoms with Gasteiger partial charge in [0.15, 0.2) is 15.5 Å². The van der Waals surface area contributed by atoms with Crippen molar-refractivity contribution in [1.82, 2.24) is 9.97 Å². The predicted octanol–water partition coefficient (Wildman–Crippen LogP) is 3.60. The number of halogens is 1. The van der Waals surface area contributed by atoms with Crippen LogP contribution >= 0.6 is 38.6 Å². The molecule has 0 amide bonds. The average molecular weight is 619 g/mol. The van der Waals surface area contributed by atoms with E-state index in [4.69, 9.17) is 24.7 Å².